The number of halogens is 1. The van der Waals surface area contributed by atoms with Crippen molar-refractivity contribution in [3.63, 3.8) is 0 Å². The number of alkyl halides is 1. The van der Waals surface area contributed by atoms with E-state index in [1.165, 1.54) is 5.56 Å². The molecule has 1 aliphatic heterocycles. The lowest BCUT2D eigenvalue weighted by atomic mass is 10.0. The van der Waals surface area contributed by atoms with Crippen LogP contribution in [0.3, 0.4) is 0 Å². The maximum atomic E-state index is 5.71. The van der Waals surface area contributed by atoms with Crippen LogP contribution in [0.1, 0.15) is 17.8 Å². The Bertz CT molecular complexity index is 550. The van der Waals surface area contributed by atoms with E-state index in [4.69, 9.17) is 16.3 Å². The van der Waals surface area contributed by atoms with Crippen LogP contribution < -0.4 is 4.74 Å². The molecular formula is C14H15ClN2O. The van der Waals surface area contributed by atoms with Gasteiger partial charge in [-0.1, -0.05) is 0 Å². The fraction of sp³-hybridized carbons (Fsp3) is 0.357. The van der Waals surface area contributed by atoms with Gasteiger partial charge in [0, 0.05) is 17.9 Å². The Kier molecular flexibility index (Phi) is 3.24. The molecule has 0 atom stereocenters. The van der Waals surface area contributed by atoms with Crippen LogP contribution >= 0.6 is 11.6 Å². The molecule has 3 rings (SSSR count). The van der Waals surface area contributed by atoms with Crippen LogP contribution in [-0.2, 0) is 12.8 Å². The number of aromatic nitrogens is 2. The second-order valence-electron chi connectivity index (χ2n) is 4.46. The molecule has 94 valence electrons. The van der Waals surface area contributed by atoms with Crippen molar-refractivity contribution < 1.29 is 4.74 Å². The summed E-state index contributed by atoms with van der Waals surface area (Å²) in [4.78, 5) is 7.62. The Labute approximate surface area is 111 Å². The van der Waals surface area contributed by atoms with E-state index in [1.54, 1.807) is 0 Å². The lowest BCUT2D eigenvalue weighted by Crippen LogP contribution is -2.08. The van der Waals surface area contributed by atoms with Crippen molar-refractivity contribution >= 4 is 11.6 Å². The fourth-order valence-electron chi connectivity index (χ4n) is 2.25. The van der Waals surface area contributed by atoms with E-state index >= 15 is 0 Å². The number of imidazole rings is 1. The molecule has 2 heterocycles. The van der Waals surface area contributed by atoms with Gasteiger partial charge in [-0.2, -0.15) is 0 Å². The maximum absolute atomic E-state index is 5.71. The summed E-state index contributed by atoms with van der Waals surface area (Å²) in [5.74, 6) is 2.55. The average molecular weight is 263 g/mol. The van der Waals surface area contributed by atoms with Gasteiger partial charge in [0.25, 0.3) is 0 Å². The summed E-state index contributed by atoms with van der Waals surface area (Å²) in [6.45, 7) is 0.830. The van der Waals surface area contributed by atoms with E-state index in [1.807, 2.05) is 12.3 Å². The molecule has 1 aliphatic rings. The van der Waals surface area contributed by atoms with Crippen molar-refractivity contribution in [2.24, 2.45) is 0 Å². The highest BCUT2D eigenvalue weighted by Gasteiger charge is 2.12. The summed E-state index contributed by atoms with van der Waals surface area (Å²) in [7, 11) is 0. The van der Waals surface area contributed by atoms with Crippen molar-refractivity contribution in [2.75, 3.05) is 12.5 Å². The monoisotopic (exact) mass is 262 g/mol. The minimum atomic E-state index is 0.588. The number of nitrogens with zero attached hydrogens (tertiary/aromatic N) is 1. The minimum absolute atomic E-state index is 0.588. The zero-order valence-corrected chi connectivity index (χ0v) is 10.8. The van der Waals surface area contributed by atoms with Gasteiger partial charge in [0.15, 0.2) is 0 Å². The summed E-state index contributed by atoms with van der Waals surface area (Å²) in [5, 5.41) is 0. The predicted molar refractivity (Wildman–Crippen MR) is 72.3 cm³/mol. The number of benzene rings is 1. The first kappa shape index (κ1) is 11.6. The van der Waals surface area contributed by atoms with E-state index in [0.29, 0.717) is 5.88 Å². The van der Waals surface area contributed by atoms with Crippen LogP contribution in [0.2, 0.25) is 0 Å². The molecule has 18 heavy (non-hydrogen) atoms. The topological polar surface area (TPSA) is 37.9 Å². The molecule has 0 saturated heterocycles. The molecule has 0 amide bonds. The molecule has 1 aromatic carbocycles. The number of fused-ring (bicyclic) bond motifs is 1. The quantitative estimate of drug-likeness (QED) is 0.863. The second-order valence-corrected chi connectivity index (χ2v) is 4.84. The van der Waals surface area contributed by atoms with Gasteiger partial charge in [-0.3, -0.25) is 0 Å². The number of H-pyrrole nitrogens is 1. The first-order valence-electron chi connectivity index (χ1n) is 6.23. The predicted octanol–water partition coefficient (Wildman–Crippen LogP) is 3.18. The summed E-state index contributed by atoms with van der Waals surface area (Å²) in [6.07, 6.45) is 4.83. The number of hydrogen-bond donors (Lipinski definition) is 1. The molecule has 0 unspecified atom stereocenters. The van der Waals surface area contributed by atoms with Crippen LogP contribution in [0.5, 0.6) is 5.75 Å². The highest BCUT2D eigenvalue weighted by atomic mass is 35.5. The zero-order valence-electron chi connectivity index (χ0n) is 10.1. The van der Waals surface area contributed by atoms with Crippen molar-refractivity contribution in [2.45, 2.75) is 19.3 Å². The van der Waals surface area contributed by atoms with E-state index in [9.17, 15) is 0 Å². The molecular weight excluding hydrogens is 248 g/mol. The number of rotatable bonds is 3. The van der Waals surface area contributed by atoms with E-state index in [2.05, 4.69) is 22.1 Å². The SMILES string of the molecule is ClCCc1ncc(-c2ccc3c(c2)CCCO3)[nH]1. The molecule has 0 bridgehead atoms. The third-order valence-corrected chi connectivity index (χ3v) is 3.37. The van der Waals surface area contributed by atoms with Crippen LogP contribution in [-0.4, -0.2) is 22.5 Å². The van der Waals surface area contributed by atoms with Gasteiger partial charge < -0.3 is 9.72 Å². The van der Waals surface area contributed by atoms with Crippen LogP contribution in [0.25, 0.3) is 11.3 Å². The third kappa shape index (κ3) is 2.23. The smallest absolute Gasteiger partial charge is 0.122 e. The van der Waals surface area contributed by atoms with E-state index < -0.39 is 0 Å². The first-order chi connectivity index (χ1) is 8.86. The van der Waals surface area contributed by atoms with Gasteiger partial charge in [-0.25, -0.2) is 4.98 Å². The molecule has 4 heteroatoms. The number of aryl methyl sites for hydroxylation is 2. The van der Waals surface area contributed by atoms with Crippen LogP contribution in [0, 0.1) is 0 Å². The lowest BCUT2D eigenvalue weighted by molar-refractivity contribution is 0.288. The fourth-order valence-corrected chi connectivity index (χ4v) is 2.43. The molecule has 0 radical (unpaired) electrons. The van der Waals surface area contributed by atoms with Gasteiger partial charge in [0.1, 0.15) is 11.6 Å². The Morgan fingerprint density at radius 3 is 3.22 bits per heavy atom. The normalized spacial score (nSPS) is 14.1. The summed E-state index contributed by atoms with van der Waals surface area (Å²) >= 11 is 5.71. The van der Waals surface area contributed by atoms with Gasteiger partial charge in [0.05, 0.1) is 18.5 Å². The molecule has 0 fully saturated rings. The highest BCUT2D eigenvalue weighted by Crippen LogP contribution is 2.29. The molecule has 0 aliphatic carbocycles. The molecule has 3 nitrogen and oxygen atoms in total. The Morgan fingerprint density at radius 1 is 1.39 bits per heavy atom. The van der Waals surface area contributed by atoms with Crippen molar-refractivity contribution in [1.29, 1.82) is 0 Å². The van der Waals surface area contributed by atoms with Crippen molar-refractivity contribution in [1.82, 2.24) is 9.97 Å². The standard InChI is InChI=1S/C14H15ClN2O/c15-6-5-14-16-9-12(17-14)10-3-4-13-11(8-10)2-1-7-18-13/h3-4,8-9H,1-2,5-7H2,(H,16,17). The van der Waals surface area contributed by atoms with Gasteiger partial charge in [-0.15, -0.1) is 11.6 Å². The summed E-state index contributed by atoms with van der Waals surface area (Å²) < 4.78 is 5.61. The van der Waals surface area contributed by atoms with Gasteiger partial charge >= 0.3 is 0 Å². The molecule has 0 saturated carbocycles. The number of aromatic amines is 1. The number of hydrogen-bond acceptors (Lipinski definition) is 2. The Balaban J connectivity index is 1.91. The van der Waals surface area contributed by atoms with E-state index in [0.717, 1.165) is 48.7 Å². The molecule has 1 N–H and O–H groups in total. The molecule has 0 spiro atoms. The molecule has 1 aromatic heterocycles. The number of nitrogens with one attached hydrogen (secondary N) is 1. The molecule has 2 aromatic rings. The second kappa shape index (κ2) is 5.02. The van der Waals surface area contributed by atoms with Crippen LogP contribution in [0.4, 0.5) is 0 Å². The Hall–Kier alpha value is -1.48. The minimum Gasteiger partial charge on any atom is -0.493 e. The van der Waals surface area contributed by atoms with Crippen molar-refractivity contribution in [3.05, 3.63) is 35.8 Å². The lowest BCUT2D eigenvalue weighted by Gasteiger charge is -2.17. The van der Waals surface area contributed by atoms with E-state index in [-0.39, 0.29) is 0 Å². The number of ether oxygens (including phenoxy) is 1. The Morgan fingerprint density at radius 2 is 2.33 bits per heavy atom. The largest absolute Gasteiger partial charge is 0.493 e. The van der Waals surface area contributed by atoms with Crippen LogP contribution in [0.15, 0.2) is 24.4 Å². The zero-order chi connectivity index (χ0) is 12.4. The van der Waals surface area contributed by atoms with Gasteiger partial charge in [-0.05, 0) is 36.6 Å². The van der Waals surface area contributed by atoms with Gasteiger partial charge in [0.2, 0.25) is 0 Å². The summed E-state index contributed by atoms with van der Waals surface area (Å²) in [5.41, 5.74) is 3.49. The van der Waals surface area contributed by atoms with Crippen molar-refractivity contribution in [3.8, 4) is 17.0 Å². The summed E-state index contributed by atoms with van der Waals surface area (Å²) in [6, 6.07) is 6.31. The third-order valence-electron chi connectivity index (χ3n) is 3.18. The maximum Gasteiger partial charge on any atom is 0.122 e. The highest BCUT2D eigenvalue weighted by molar-refractivity contribution is 6.17. The average Bonchev–Trinajstić information content (AvgIpc) is 2.87. The first-order valence-corrected chi connectivity index (χ1v) is 6.76.